The van der Waals surface area contributed by atoms with E-state index < -0.39 is 10.0 Å². The van der Waals surface area contributed by atoms with Gasteiger partial charge in [0.05, 0.1) is 24.7 Å². The maximum absolute atomic E-state index is 12.7. The van der Waals surface area contributed by atoms with Crippen LogP contribution in [0, 0.1) is 0 Å². The Labute approximate surface area is 187 Å². The number of pyridine rings is 1. The standard InChI is InChI=1S/C23H25N3O5S/c27-23(19-7-9-20(10-8-19)32(28,29)26-13-16-30-17-14-26)25-12-3-15-31-21-6-1-4-18-5-2-11-24-22(18)21/h1-2,4-11H,3,12-17H2,(H,25,27). The number of fused-ring (bicyclic) bond motifs is 1. The number of morpholine rings is 1. The van der Waals surface area contributed by atoms with Gasteiger partial charge in [0, 0.05) is 36.8 Å². The summed E-state index contributed by atoms with van der Waals surface area (Å²) in [6.07, 6.45) is 2.35. The summed E-state index contributed by atoms with van der Waals surface area (Å²) in [6, 6.07) is 15.6. The summed E-state index contributed by atoms with van der Waals surface area (Å²) in [4.78, 5) is 16.9. The molecular weight excluding hydrogens is 430 g/mol. The van der Waals surface area contributed by atoms with Crippen LogP contribution in [-0.2, 0) is 14.8 Å². The maximum atomic E-state index is 12.7. The Morgan fingerprint density at radius 1 is 1.06 bits per heavy atom. The number of nitrogens with zero attached hydrogens (tertiary/aromatic N) is 2. The van der Waals surface area contributed by atoms with Crippen molar-refractivity contribution in [1.29, 1.82) is 0 Å². The van der Waals surface area contributed by atoms with Crippen LogP contribution in [0.4, 0.5) is 0 Å². The van der Waals surface area contributed by atoms with Crippen molar-refractivity contribution < 1.29 is 22.7 Å². The average Bonchev–Trinajstić information content (AvgIpc) is 2.84. The van der Waals surface area contributed by atoms with E-state index >= 15 is 0 Å². The number of hydrogen-bond donors (Lipinski definition) is 1. The zero-order chi connectivity index (χ0) is 22.4. The minimum atomic E-state index is -3.57. The van der Waals surface area contributed by atoms with Gasteiger partial charge in [-0.3, -0.25) is 9.78 Å². The SMILES string of the molecule is O=C(NCCCOc1cccc2cccnc12)c1ccc(S(=O)(=O)N2CCOCC2)cc1. The quantitative estimate of drug-likeness (QED) is 0.524. The van der Waals surface area contributed by atoms with Crippen LogP contribution in [0.2, 0.25) is 0 Å². The highest BCUT2D eigenvalue weighted by Gasteiger charge is 2.26. The van der Waals surface area contributed by atoms with Crippen molar-refractivity contribution in [1.82, 2.24) is 14.6 Å². The molecule has 0 spiro atoms. The van der Waals surface area contributed by atoms with Crippen molar-refractivity contribution >= 4 is 26.8 Å². The van der Waals surface area contributed by atoms with Gasteiger partial charge < -0.3 is 14.8 Å². The summed E-state index contributed by atoms with van der Waals surface area (Å²) in [6.45, 7) is 2.32. The second-order valence-corrected chi connectivity index (χ2v) is 9.27. The Kier molecular flexibility index (Phi) is 6.99. The normalized spacial score (nSPS) is 14.9. The fourth-order valence-corrected chi connectivity index (χ4v) is 4.87. The highest BCUT2D eigenvalue weighted by Crippen LogP contribution is 2.23. The molecular formula is C23H25N3O5S. The number of para-hydroxylation sites is 1. The van der Waals surface area contributed by atoms with Crippen LogP contribution in [0.3, 0.4) is 0 Å². The fraction of sp³-hybridized carbons (Fsp3) is 0.304. The summed E-state index contributed by atoms with van der Waals surface area (Å²) >= 11 is 0. The molecule has 0 saturated carbocycles. The molecule has 2 heterocycles. The molecule has 1 aliphatic rings. The van der Waals surface area contributed by atoms with Crippen LogP contribution in [0.15, 0.2) is 65.7 Å². The molecule has 0 radical (unpaired) electrons. The van der Waals surface area contributed by atoms with E-state index in [4.69, 9.17) is 9.47 Å². The van der Waals surface area contributed by atoms with E-state index in [1.165, 1.54) is 28.6 Å². The molecule has 1 saturated heterocycles. The van der Waals surface area contributed by atoms with E-state index in [1.807, 2.05) is 30.3 Å². The number of nitrogens with one attached hydrogen (secondary N) is 1. The van der Waals surface area contributed by atoms with Crippen molar-refractivity contribution in [2.24, 2.45) is 0 Å². The zero-order valence-corrected chi connectivity index (χ0v) is 18.4. The number of benzene rings is 2. The minimum absolute atomic E-state index is 0.174. The Hall–Kier alpha value is -3.01. The van der Waals surface area contributed by atoms with E-state index in [0.717, 1.165) is 10.9 Å². The van der Waals surface area contributed by atoms with E-state index in [-0.39, 0.29) is 10.8 Å². The maximum Gasteiger partial charge on any atom is 0.251 e. The summed E-state index contributed by atoms with van der Waals surface area (Å²) in [5.41, 5.74) is 1.22. The average molecular weight is 456 g/mol. The first-order chi connectivity index (χ1) is 15.6. The Balaban J connectivity index is 1.26. The van der Waals surface area contributed by atoms with Gasteiger partial charge in [0.1, 0.15) is 11.3 Å². The lowest BCUT2D eigenvalue weighted by molar-refractivity contribution is 0.0730. The smallest absolute Gasteiger partial charge is 0.251 e. The van der Waals surface area contributed by atoms with Crippen LogP contribution in [0.25, 0.3) is 10.9 Å². The number of ether oxygens (including phenoxy) is 2. The first-order valence-electron chi connectivity index (χ1n) is 10.5. The van der Waals surface area contributed by atoms with Crippen molar-refractivity contribution in [2.45, 2.75) is 11.3 Å². The summed E-state index contributed by atoms with van der Waals surface area (Å²) in [5, 5.41) is 3.84. The van der Waals surface area contributed by atoms with E-state index in [1.54, 1.807) is 6.20 Å². The number of carbonyl (C=O) groups excluding carboxylic acids is 1. The molecule has 0 atom stereocenters. The summed E-state index contributed by atoms with van der Waals surface area (Å²) in [7, 11) is -3.57. The van der Waals surface area contributed by atoms with Gasteiger partial charge in [-0.1, -0.05) is 18.2 Å². The Morgan fingerprint density at radius 3 is 2.59 bits per heavy atom. The summed E-state index contributed by atoms with van der Waals surface area (Å²) < 4.78 is 37.8. The molecule has 32 heavy (non-hydrogen) atoms. The second-order valence-electron chi connectivity index (χ2n) is 7.33. The molecule has 0 bridgehead atoms. The zero-order valence-electron chi connectivity index (χ0n) is 17.6. The number of sulfonamides is 1. The fourth-order valence-electron chi connectivity index (χ4n) is 3.47. The van der Waals surface area contributed by atoms with Gasteiger partial charge in [-0.15, -0.1) is 0 Å². The van der Waals surface area contributed by atoms with Gasteiger partial charge in [0.15, 0.2) is 0 Å². The third-order valence-corrected chi connectivity index (χ3v) is 7.10. The third-order valence-electron chi connectivity index (χ3n) is 5.18. The van der Waals surface area contributed by atoms with Crippen molar-refractivity contribution in [3.8, 4) is 5.75 Å². The molecule has 1 aliphatic heterocycles. The monoisotopic (exact) mass is 455 g/mol. The number of rotatable bonds is 8. The molecule has 3 aromatic rings. The molecule has 1 fully saturated rings. The summed E-state index contributed by atoms with van der Waals surface area (Å²) in [5.74, 6) is 0.457. The van der Waals surface area contributed by atoms with Gasteiger partial charge in [-0.2, -0.15) is 4.31 Å². The molecule has 8 nitrogen and oxygen atoms in total. The van der Waals surface area contributed by atoms with E-state index in [2.05, 4.69) is 10.3 Å². The topological polar surface area (TPSA) is 97.8 Å². The molecule has 2 aromatic carbocycles. The lowest BCUT2D eigenvalue weighted by Gasteiger charge is -2.26. The van der Waals surface area contributed by atoms with Crippen molar-refractivity contribution in [3.05, 3.63) is 66.4 Å². The van der Waals surface area contributed by atoms with E-state index in [0.29, 0.717) is 57.2 Å². The molecule has 9 heteroatoms. The van der Waals surface area contributed by atoms with Crippen LogP contribution in [0.5, 0.6) is 5.75 Å². The Morgan fingerprint density at radius 2 is 1.81 bits per heavy atom. The lowest BCUT2D eigenvalue weighted by Crippen LogP contribution is -2.40. The first-order valence-corrected chi connectivity index (χ1v) is 11.9. The molecule has 0 unspecified atom stereocenters. The lowest BCUT2D eigenvalue weighted by atomic mass is 10.2. The van der Waals surface area contributed by atoms with Crippen LogP contribution >= 0.6 is 0 Å². The van der Waals surface area contributed by atoms with Gasteiger partial charge in [0.2, 0.25) is 10.0 Å². The van der Waals surface area contributed by atoms with Gasteiger partial charge >= 0.3 is 0 Å². The minimum Gasteiger partial charge on any atom is -0.491 e. The highest BCUT2D eigenvalue weighted by atomic mass is 32.2. The van der Waals surface area contributed by atoms with Gasteiger partial charge in [-0.05, 0) is 42.8 Å². The van der Waals surface area contributed by atoms with Crippen LogP contribution in [-0.4, -0.2) is 63.1 Å². The molecule has 1 aromatic heterocycles. The third kappa shape index (κ3) is 5.07. The number of aromatic nitrogens is 1. The van der Waals surface area contributed by atoms with Crippen LogP contribution in [0.1, 0.15) is 16.8 Å². The van der Waals surface area contributed by atoms with Gasteiger partial charge in [0.25, 0.3) is 5.91 Å². The molecule has 4 rings (SSSR count). The Bertz CT molecular complexity index is 1170. The predicted molar refractivity (Wildman–Crippen MR) is 120 cm³/mol. The largest absolute Gasteiger partial charge is 0.491 e. The molecule has 1 N–H and O–H groups in total. The van der Waals surface area contributed by atoms with Crippen molar-refractivity contribution in [2.75, 3.05) is 39.5 Å². The van der Waals surface area contributed by atoms with Crippen LogP contribution < -0.4 is 10.1 Å². The number of amides is 1. The molecule has 1 amide bonds. The second kappa shape index (κ2) is 10.1. The molecule has 168 valence electrons. The van der Waals surface area contributed by atoms with Crippen molar-refractivity contribution in [3.63, 3.8) is 0 Å². The first kappa shape index (κ1) is 22.2. The number of hydrogen-bond acceptors (Lipinski definition) is 6. The predicted octanol–water partition coefficient (Wildman–Crippen LogP) is 2.45. The van der Waals surface area contributed by atoms with Gasteiger partial charge in [-0.25, -0.2) is 8.42 Å². The van der Waals surface area contributed by atoms with E-state index in [9.17, 15) is 13.2 Å². The molecule has 0 aliphatic carbocycles. The highest BCUT2D eigenvalue weighted by molar-refractivity contribution is 7.89. The number of carbonyl (C=O) groups is 1.